The number of fused-ring (bicyclic) bond motifs is 6. The van der Waals surface area contributed by atoms with Crippen molar-refractivity contribution in [3.8, 4) is 22.9 Å². The van der Waals surface area contributed by atoms with E-state index in [2.05, 4.69) is 110 Å². The van der Waals surface area contributed by atoms with Gasteiger partial charge < -0.3 is 4.74 Å². The highest BCUT2D eigenvalue weighted by molar-refractivity contribution is 6.09. The van der Waals surface area contributed by atoms with E-state index in [4.69, 9.17) is 14.7 Å². The smallest absolute Gasteiger partial charge is 0.145 e. The number of aromatic nitrogens is 4. The molecule has 0 saturated heterocycles. The van der Waals surface area contributed by atoms with Gasteiger partial charge in [0.1, 0.15) is 22.8 Å². The molecule has 4 heterocycles. The van der Waals surface area contributed by atoms with Crippen LogP contribution in [-0.4, -0.2) is 19.1 Å². The first-order valence-corrected chi connectivity index (χ1v) is 15.6. The Balaban J connectivity index is 1.20. The third-order valence-electron chi connectivity index (χ3n) is 8.82. The summed E-state index contributed by atoms with van der Waals surface area (Å²) in [4.78, 5) is 9.60. The molecule has 0 atom stereocenters. The van der Waals surface area contributed by atoms with Crippen molar-refractivity contribution >= 4 is 43.9 Å². The van der Waals surface area contributed by atoms with Crippen LogP contribution in [0.4, 0.5) is 0 Å². The highest BCUT2D eigenvalue weighted by Gasteiger charge is 2.17. The average molecular weight is 587 g/mol. The molecule has 0 aliphatic rings. The monoisotopic (exact) mass is 586 g/mol. The molecule has 220 valence electrons. The van der Waals surface area contributed by atoms with Crippen molar-refractivity contribution < 1.29 is 4.74 Å². The molecule has 8 rings (SSSR count). The summed E-state index contributed by atoms with van der Waals surface area (Å²) < 4.78 is 11.0. The van der Waals surface area contributed by atoms with Crippen LogP contribution in [0, 0.1) is 0 Å². The van der Waals surface area contributed by atoms with Crippen molar-refractivity contribution in [1.82, 2.24) is 19.1 Å². The first-order valence-electron chi connectivity index (χ1n) is 15.6. The van der Waals surface area contributed by atoms with Gasteiger partial charge in [-0.3, -0.25) is 9.13 Å². The zero-order valence-corrected chi connectivity index (χ0v) is 25.9. The maximum atomic E-state index is 6.54. The second-order valence-electron chi connectivity index (χ2n) is 12.4. The lowest BCUT2D eigenvalue weighted by molar-refractivity contribution is 0.482. The predicted octanol–water partition coefficient (Wildman–Crippen LogP) is 10.7. The molecule has 4 aromatic carbocycles. The summed E-state index contributed by atoms with van der Waals surface area (Å²) in [5.41, 5.74) is 8.79. The van der Waals surface area contributed by atoms with Gasteiger partial charge in [0.05, 0.1) is 22.4 Å². The normalized spacial score (nSPS) is 12.0. The molecule has 0 radical (unpaired) electrons. The molecular formula is C40H34N4O. The molecule has 0 aliphatic heterocycles. The van der Waals surface area contributed by atoms with Crippen molar-refractivity contribution in [1.29, 1.82) is 0 Å². The molecular weight excluding hydrogens is 552 g/mol. The molecule has 0 amide bonds. The van der Waals surface area contributed by atoms with Gasteiger partial charge in [-0.1, -0.05) is 52.0 Å². The number of benzene rings is 4. The largest absolute Gasteiger partial charge is 0.457 e. The molecule has 8 aromatic rings. The summed E-state index contributed by atoms with van der Waals surface area (Å²) in [6.45, 7) is 8.92. The molecule has 4 aromatic heterocycles. The van der Waals surface area contributed by atoms with E-state index >= 15 is 0 Å². The van der Waals surface area contributed by atoms with E-state index in [-0.39, 0.29) is 0 Å². The van der Waals surface area contributed by atoms with E-state index in [1.54, 1.807) is 0 Å². The number of pyridine rings is 2. The fourth-order valence-electron chi connectivity index (χ4n) is 6.48. The quantitative estimate of drug-likeness (QED) is 0.195. The van der Waals surface area contributed by atoms with Gasteiger partial charge in [0.25, 0.3) is 0 Å². The molecule has 0 unspecified atom stereocenters. The van der Waals surface area contributed by atoms with Crippen molar-refractivity contribution in [3.05, 3.63) is 133 Å². The van der Waals surface area contributed by atoms with Gasteiger partial charge in [0, 0.05) is 46.1 Å². The van der Waals surface area contributed by atoms with Crippen molar-refractivity contribution in [3.63, 3.8) is 0 Å². The third-order valence-corrected chi connectivity index (χ3v) is 8.82. The lowest BCUT2D eigenvalue weighted by Crippen LogP contribution is -1.97. The Kier molecular flexibility index (Phi) is 6.42. The van der Waals surface area contributed by atoms with Crippen LogP contribution in [0.25, 0.3) is 55.2 Å². The SMILES string of the molecule is CC(C)c1ccc2c(c1)c1cccnc1n2-c1cccc(Oc2cccc(-n3c4ccc(C(C)C)cc4c4cccnc43)c2)c1. The Hall–Kier alpha value is -5.42. The number of nitrogens with zero attached hydrogens (tertiary/aromatic N) is 4. The highest BCUT2D eigenvalue weighted by Crippen LogP contribution is 2.36. The van der Waals surface area contributed by atoms with E-state index in [1.807, 2.05) is 48.8 Å². The maximum Gasteiger partial charge on any atom is 0.145 e. The molecule has 0 saturated carbocycles. The van der Waals surface area contributed by atoms with Gasteiger partial charge in [0.15, 0.2) is 0 Å². The molecule has 0 fully saturated rings. The minimum absolute atomic E-state index is 0.452. The Morgan fingerprint density at radius 2 is 0.956 bits per heavy atom. The first kappa shape index (κ1) is 27.2. The Morgan fingerprint density at radius 3 is 1.40 bits per heavy atom. The molecule has 45 heavy (non-hydrogen) atoms. The predicted molar refractivity (Wildman–Crippen MR) is 185 cm³/mol. The zero-order chi connectivity index (χ0) is 30.7. The summed E-state index contributed by atoms with van der Waals surface area (Å²) in [6, 6.07) is 38.3. The maximum absolute atomic E-state index is 6.54. The van der Waals surface area contributed by atoms with Crippen molar-refractivity contribution in [2.24, 2.45) is 0 Å². The average Bonchev–Trinajstić information content (AvgIpc) is 3.57. The van der Waals surface area contributed by atoms with Gasteiger partial charge in [-0.25, -0.2) is 9.97 Å². The van der Waals surface area contributed by atoms with E-state index < -0.39 is 0 Å². The van der Waals surface area contributed by atoms with E-state index in [9.17, 15) is 0 Å². The van der Waals surface area contributed by atoms with E-state index in [1.165, 1.54) is 21.9 Å². The number of hydrogen-bond acceptors (Lipinski definition) is 3. The van der Waals surface area contributed by atoms with Crippen LogP contribution in [0.5, 0.6) is 11.5 Å². The van der Waals surface area contributed by atoms with Crippen LogP contribution in [0.2, 0.25) is 0 Å². The summed E-state index contributed by atoms with van der Waals surface area (Å²) in [7, 11) is 0. The van der Waals surface area contributed by atoms with Gasteiger partial charge in [-0.15, -0.1) is 0 Å². The molecule has 0 spiro atoms. The minimum Gasteiger partial charge on any atom is -0.457 e. The van der Waals surface area contributed by atoms with E-state index in [0.717, 1.165) is 56.0 Å². The van der Waals surface area contributed by atoms with Crippen LogP contribution in [0.3, 0.4) is 0 Å². The Morgan fingerprint density at radius 1 is 0.489 bits per heavy atom. The van der Waals surface area contributed by atoms with Crippen LogP contribution in [0.15, 0.2) is 122 Å². The van der Waals surface area contributed by atoms with Crippen LogP contribution in [-0.2, 0) is 0 Å². The van der Waals surface area contributed by atoms with Gasteiger partial charge in [-0.05, 0) is 95.8 Å². The number of rotatable bonds is 6. The molecule has 5 heteroatoms. The summed E-state index contributed by atoms with van der Waals surface area (Å²) in [6.07, 6.45) is 3.72. The Bertz CT molecular complexity index is 2210. The molecule has 5 nitrogen and oxygen atoms in total. The van der Waals surface area contributed by atoms with Gasteiger partial charge in [-0.2, -0.15) is 0 Å². The second-order valence-corrected chi connectivity index (χ2v) is 12.4. The molecule has 0 aliphatic carbocycles. The van der Waals surface area contributed by atoms with Gasteiger partial charge >= 0.3 is 0 Å². The van der Waals surface area contributed by atoms with Crippen molar-refractivity contribution in [2.45, 2.75) is 39.5 Å². The first-order chi connectivity index (χ1) is 22.0. The Labute approximate surface area is 262 Å². The lowest BCUT2D eigenvalue weighted by Gasteiger charge is -2.13. The fraction of sp³-hybridized carbons (Fsp3) is 0.150. The minimum atomic E-state index is 0.452. The zero-order valence-electron chi connectivity index (χ0n) is 25.9. The topological polar surface area (TPSA) is 44.9 Å². The third kappa shape index (κ3) is 4.54. The van der Waals surface area contributed by atoms with Crippen LogP contribution in [0.1, 0.15) is 50.7 Å². The fourth-order valence-corrected chi connectivity index (χ4v) is 6.48. The van der Waals surface area contributed by atoms with E-state index in [0.29, 0.717) is 11.8 Å². The highest BCUT2D eigenvalue weighted by atomic mass is 16.5. The summed E-state index contributed by atoms with van der Waals surface area (Å²) >= 11 is 0. The standard InChI is InChI=1S/C40H34N4O/c1-25(2)27-15-17-37-35(21-27)33-13-7-19-41-39(33)43(37)29-9-5-11-31(23-29)45-32-12-6-10-30(24-32)44-38-18-16-28(26(3)4)22-36(38)34-14-8-20-42-40(34)44/h5-26H,1-4H3. The number of ether oxygens (including phenoxy) is 1. The second kappa shape index (κ2) is 10.6. The summed E-state index contributed by atoms with van der Waals surface area (Å²) in [5.74, 6) is 2.42. The summed E-state index contributed by atoms with van der Waals surface area (Å²) in [5, 5.41) is 4.72. The molecule has 0 bridgehead atoms. The lowest BCUT2D eigenvalue weighted by atomic mass is 10.0. The molecule has 0 N–H and O–H groups in total. The number of hydrogen-bond donors (Lipinski definition) is 0. The van der Waals surface area contributed by atoms with Crippen LogP contribution >= 0.6 is 0 Å². The van der Waals surface area contributed by atoms with Crippen LogP contribution < -0.4 is 4.74 Å². The van der Waals surface area contributed by atoms with Gasteiger partial charge in [0.2, 0.25) is 0 Å². The van der Waals surface area contributed by atoms with Crippen molar-refractivity contribution in [2.75, 3.05) is 0 Å².